The summed E-state index contributed by atoms with van der Waals surface area (Å²) in [6, 6.07) is 2.31. The zero-order valence-corrected chi connectivity index (χ0v) is 15.6. The highest BCUT2D eigenvalue weighted by atomic mass is 19.1. The molecule has 0 spiro atoms. The molecule has 28 heavy (non-hydrogen) atoms. The summed E-state index contributed by atoms with van der Waals surface area (Å²) in [5.41, 5.74) is 2.81. The molecule has 0 amide bonds. The Balaban J connectivity index is 1.74. The fourth-order valence-corrected chi connectivity index (χ4v) is 4.54. The van der Waals surface area contributed by atoms with Gasteiger partial charge in [-0.25, -0.2) is 8.78 Å². The molecule has 1 fully saturated rings. The number of fused-ring (bicyclic) bond motifs is 2. The smallest absolute Gasteiger partial charge is 0.274 e. The van der Waals surface area contributed by atoms with E-state index < -0.39 is 11.6 Å². The number of ether oxygens (including phenoxy) is 1. The van der Waals surface area contributed by atoms with Crippen molar-refractivity contribution < 1.29 is 13.5 Å². The molecule has 2 aliphatic rings. The van der Waals surface area contributed by atoms with Crippen LogP contribution >= 0.6 is 0 Å². The van der Waals surface area contributed by atoms with Gasteiger partial charge in [0.15, 0.2) is 0 Å². The molecule has 0 bridgehead atoms. The van der Waals surface area contributed by atoms with Crippen LogP contribution in [-0.2, 0) is 18.3 Å². The van der Waals surface area contributed by atoms with Crippen LogP contribution in [0, 0.1) is 17.6 Å². The molecule has 7 heteroatoms. The third kappa shape index (κ3) is 2.64. The molecule has 1 aromatic carbocycles. The first-order valence-corrected chi connectivity index (χ1v) is 9.54. The maximum Gasteiger partial charge on any atom is 0.274 e. The minimum absolute atomic E-state index is 0.152. The summed E-state index contributed by atoms with van der Waals surface area (Å²) < 4.78 is 36.1. The number of rotatable bonds is 2. The van der Waals surface area contributed by atoms with Gasteiger partial charge in [0, 0.05) is 68.3 Å². The third-order valence-corrected chi connectivity index (χ3v) is 5.90. The van der Waals surface area contributed by atoms with E-state index in [0.717, 1.165) is 29.9 Å². The minimum Gasteiger partial charge on any atom is -0.381 e. The molecule has 0 aliphatic carbocycles. The number of aryl methyl sites for hydroxylation is 1. The van der Waals surface area contributed by atoms with E-state index in [0.29, 0.717) is 54.6 Å². The van der Waals surface area contributed by atoms with Crippen LogP contribution < -0.4 is 10.5 Å². The van der Waals surface area contributed by atoms with Crippen molar-refractivity contribution in [1.29, 1.82) is 0 Å². The number of anilines is 1. The van der Waals surface area contributed by atoms with Crippen LogP contribution in [0.25, 0.3) is 22.0 Å². The Morgan fingerprint density at radius 1 is 1.21 bits per heavy atom. The van der Waals surface area contributed by atoms with Crippen molar-refractivity contribution in [2.24, 2.45) is 13.0 Å². The Hall–Kier alpha value is -2.67. The fourth-order valence-electron chi connectivity index (χ4n) is 4.54. The topological polar surface area (TPSA) is 50.3 Å². The number of benzene rings is 1. The molecule has 0 saturated carbocycles. The van der Waals surface area contributed by atoms with Gasteiger partial charge in [-0.05, 0) is 30.4 Å². The van der Waals surface area contributed by atoms with Gasteiger partial charge in [0.1, 0.15) is 17.2 Å². The summed E-state index contributed by atoms with van der Waals surface area (Å²) in [6.45, 7) is 2.55. The summed E-state index contributed by atoms with van der Waals surface area (Å²) in [5, 5.41) is 0.754. The van der Waals surface area contributed by atoms with Crippen LogP contribution in [0.1, 0.15) is 18.4 Å². The van der Waals surface area contributed by atoms with Crippen LogP contribution in [0.5, 0.6) is 0 Å². The Morgan fingerprint density at radius 3 is 2.79 bits per heavy atom. The predicted molar refractivity (Wildman–Crippen MR) is 103 cm³/mol. The van der Waals surface area contributed by atoms with E-state index in [9.17, 15) is 9.18 Å². The molecule has 2 aromatic heterocycles. The largest absolute Gasteiger partial charge is 0.381 e. The molecule has 3 aromatic rings. The van der Waals surface area contributed by atoms with Crippen LogP contribution in [0.15, 0.2) is 29.3 Å². The lowest BCUT2D eigenvalue weighted by Crippen LogP contribution is -2.32. The van der Waals surface area contributed by atoms with E-state index in [1.807, 2.05) is 11.1 Å². The first-order valence-electron chi connectivity index (χ1n) is 9.54. The lowest BCUT2D eigenvalue weighted by Gasteiger charge is -2.32. The van der Waals surface area contributed by atoms with Gasteiger partial charge in [-0.1, -0.05) is 0 Å². The summed E-state index contributed by atoms with van der Waals surface area (Å²) in [5.74, 6) is -0.811. The monoisotopic (exact) mass is 385 g/mol. The second-order valence-corrected chi connectivity index (χ2v) is 7.74. The van der Waals surface area contributed by atoms with Crippen LogP contribution in [0.4, 0.5) is 14.5 Å². The molecule has 146 valence electrons. The fraction of sp³-hybridized carbons (Fsp3) is 0.381. The van der Waals surface area contributed by atoms with Crippen LogP contribution in [0.2, 0.25) is 0 Å². The minimum atomic E-state index is -0.622. The van der Waals surface area contributed by atoms with Crippen molar-refractivity contribution in [1.82, 2.24) is 9.55 Å². The third-order valence-electron chi connectivity index (χ3n) is 5.90. The quantitative estimate of drug-likeness (QED) is 0.734. The number of hydrogen-bond acceptors (Lipinski definition) is 3. The Labute approximate surface area is 160 Å². The predicted octanol–water partition coefficient (Wildman–Crippen LogP) is 3.56. The van der Waals surface area contributed by atoms with Crippen LogP contribution in [-0.4, -0.2) is 29.3 Å². The second kappa shape index (κ2) is 6.44. The summed E-state index contributed by atoms with van der Waals surface area (Å²) in [4.78, 5) is 17.6. The molecule has 0 atom stereocenters. The molecule has 0 radical (unpaired) electrons. The Bertz CT molecular complexity index is 1130. The molecular weight excluding hydrogens is 364 g/mol. The lowest BCUT2D eigenvalue weighted by molar-refractivity contribution is 0.0681. The van der Waals surface area contributed by atoms with E-state index in [1.165, 1.54) is 10.6 Å². The highest BCUT2D eigenvalue weighted by Crippen LogP contribution is 2.42. The summed E-state index contributed by atoms with van der Waals surface area (Å²) in [6.07, 6.45) is 5.33. The standard InChI is InChI=1S/C21H21F2N3O2/c1-25-11-16-15-6-14(22)7-17(23)20(15)26(9-12-2-4-28-5-3-12)10-13-8-24-19(18(13)16)21(25)27/h6-8,11-12,24H,2-5,9-10H2,1H3. The first kappa shape index (κ1) is 17.4. The zero-order chi connectivity index (χ0) is 19.4. The molecule has 1 saturated heterocycles. The lowest BCUT2D eigenvalue weighted by atomic mass is 9.98. The molecule has 5 rings (SSSR count). The van der Waals surface area contributed by atoms with E-state index in [-0.39, 0.29) is 5.56 Å². The van der Waals surface area contributed by atoms with Gasteiger partial charge in [0.25, 0.3) is 5.56 Å². The van der Waals surface area contributed by atoms with Crippen molar-refractivity contribution in [3.05, 3.63) is 52.1 Å². The number of hydrogen-bond donors (Lipinski definition) is 1. The van der Waals surface area contributed by atoms with Crippen LogP contribution in [0.3, 0.4) is 0 Å². The number of nitrogens with zero attached hydrogens (tertiary/aromatic N) is 2. The molecule has 4 heterocycles. The van der Waals surface area contributed by atoms with Crippen molar-refractivity contribution in [2.45, 2.75) is 19.4 Å². The average Bonchev–Trinajstić information content (AvgIpc) is 3.03. The van der Waals surface area contributed by atoms with Gasteiger partial charge in [0.05, 0.1) is 5.69 Å². The zero-order valence-electron chi connectivity index (χ0n) is 15.6. The van der Waals surface area contributed by atoms with E-state index >= 15 is 4.39 Å². The Kier molecular flexibility index (Phi) is 4.01. The molecule has 1 N–H and O–H groups in total. The van der Waals surface area contributed by atoms with Crippen molar-refractivity contribution in [3.63, 3.8) is 0 Å². The Morgan fingerprint density at radius 2 is 2.00 bits per heavy atom. The van der Waals surface area contributed by atoms with Crippen molar-refractivity contribution in [2.75, 3.05) is 24.7 Å². The van der Waals surface area contributed by atoms with Gasteiger partial charge in [-0.2, -0.15) is 0 Å². The van der Waals surface area contributed by atoms with E-state index in [4.69, 9.17) is 4.74 Å². The number of H-pyrrole nitrogens is 1. The van der Waals surface area contributed by atoms with Gasteiger partial charge >= 0.3 is 0 Å². The van der Waals surface area contributed by atoms with Gasteiger partial charge < -0.3 is 19.2 Å². The van der Waals surface area contributed by atoms with E-state index in [1.54, 1.807) is 13.2 Å². The summed E-state index contributed by atoms with van der Waals surface area (Å²) in [7, 11) is 1.65. The highest BCUT2D eigenvalue weighted by Gasteiger charge is 2.29. The normalized spacial score (nSPS) is 17.0. The maximum absolute atomic E-state index is 15.0. The average molecular weight is 385 g/mol. The highest BCUT2D eigenvalue weighted by molar-refractivity contribution is 6.01. The van der Waals surface area contributed by atoms with Crippen molar-refractivity contribution >= 4 is 16.6 Å². The number of pyridine rings is 1. The number of aromatic amines is 1. The number of halogens is 2. The SMILES string of the molecule is Cn1cc2c3c(c[nH]c3c1=O)CN(CC1CCOCC1)c1c(F)cc(F)cc1-2. The molecule has 5 nitrogen and oxygen atoms in total. The van der Waals surface area contributed by atoms with E-state index in [2.05, 4.69) is 4.98 Å². The van der Waals surface area contributed by atoms with Gasteiger partial charge in [-0.15, -0.1) is 0 Å². The van der Waals surface area contributed by atoms with Gasteiger partial charge in [0.2, 0.25) is 0 Å². The maximum atomic E-state index is 15.0. The second-order valence-electron chi connectivity index (χ2n) is 7.74. The number of nitrogens with one attached hydrogen (secondary N) is 1. The molecular formula is C21H21F2N3O2. The molecule has 2 aliphatic heterocycles. The summed E-state index contributed by atoms with van der Waals surface area (Å²) >= 11 is 0. The molecule has 0 unspecified atom stereocenters. The van der Waals surface area contributed by atoms with Crippen molar-refractivity contribution in [3.8, 4) is 11.1 Å². The number of aromatic nitrogens is 2. The first-order chi connectivity index (χ1) is 13.5. The van der Waals surface area contributed by atoms with Gasteiger partial charge in [-0.3, -0.25) is 4.79 Å².